The zero-order chi connectivity index (χ0) is 37.6. The van der Waals surface area contributed by atoms with Crippen LogP contribution in [0, 0.1) is 0 Å². The third kappa shape index (κ3) is 22.7. The highest BCUT2D eigenvalue weighted by molar-refractivity contribution is 4.91. The van der Waals surface area contributed by atoms with E-state index in [1.54, 1.807) is 0 Å². The Labute approximate surface area is 311 Å². The van der Waals surface area contributed by atoms with E-state index in [9.17, 15) is 9.92 Å². The fraction of sp³-hybridized carbons (Fsp3) is 1.00. The zero-order valence-electron chi connectivity index (χ0n) is 33.8. The topological polar surface area (TPSA) is 113 Å². The molecule has 0 aliphatic carbocycles. The van der Waals surface area contributed by atoms with E-state index in [0.717, 1.165) is 57.8 Å². The smallest absolute Gasteiger partial charge is 0.186 e. The largest absolute Gasteiger partial charge is 0.379 e. The Morgan fingerprint density at radius 1 is 0.686 bits per heavy atom. The van der Waals surface area contributed by atoms with Crippen LogP contribution in [0.5, 0.6) is 0 Å². The average Bonchev–Trinajstić information content (AvgIpc) is 3.43. The lowest BCUT2D eigenvalue weighted by Gasteiger charge is -2.33. The molecule has 1 fully saturated rings. The van der Waals surface area contributed by atoms with Crippen LogP contribution < -0.4 is 0 Å². The molecule has 1 saturated heterocycles. The van der Waals surface area contributed by atoms with Crippen molar-refractivity contribution in [1.29, 1.82) is 0 Å². The monoisotopic (exact) mass is 732 g/mol. The molecule has 0 aromatic rings. The van der Waals surface area contributed by atoms with Crippen LogP contribution in [0.25, 0.3) is 10.4 Å². The van der Waals surface area contributed by atoms with Crippen LogP contribution >= 0.6 is 0 Å². The summed E-state index contributed by atoms with van der Waals surface area (Å²) in [5.74, 6) is -0.824. The predicted octanol–water partition coefficient (Wildman–Crippen LogP) is 11.2. The molecule has 7 atom stereocenters. The Morgan fingerprint density at radius 2 is 1.24 bits per heavy atom. The first kappa shape index (κ1) is 48.0. The number of hydrogen-bond acceptors (Lipinski definition) is 8. The zero-order valence-corrected chi connectivity index (χ0v) is 33.8. The lowest BCUT2D eigenvalue weighted by atomic mass is 10.00. The molecular formula is C40H78FN3O7. The van der Waals surface area contributed by atoms with E-state index in [2.05, 4.69) is 37.7 Å². The van der Waals surface area contributed by atoms with Crippen molar-refractivity contribution in [3.63, 3.8) is 0 Å². The Hall–Kier alpha value is -1.04. The average molecular weight is 732 g/mol. The quantitative estimate of drug-likeness (QED) is 0.0207. The van der Waals surface area contributed by atoms with Gasteiger partial charge in [-0.25, -0.2) is 4.39 Å². The first-order valence-electron chi connectivity index (χ1n) is 20.8. The van der Waals surface area contributed by atoms with E-state index < -0.39 is 49.2 Å². The Balaban J connectivity index is 2.94. The molecule has 0 amide bonds. The molecule has 0 aromatic heterocycles. The first-order chi connectivity index (χ1) is 24.8. The second-order valence-electron chi connectivity index (χ2n) is 14.7. The highest BCUT2D eigenvalue weighted by Crippen LogP contribution is 2.34. The fourth-order valence-corrected chi connectivity index (χ4v) is 6.28. The predicted molar refractivity (Wildman–Crippen MR) is 204 cm³/mol. The van der Waals surface area contributed by atoms with Gasteiger partial charge in [-0.2, -0.15) is 0 Å². The normalized spacial score (nSPS) is 20.2. The molecule has 0 radical (unpaired) electrons. The molecule has 0 bridgehead atoms. The van der Waals surface area contributed by atoms with Gasteiger partial charge in [-0.05, 0) is 52.0 Å². The van der Waals surface area contributed by atoms with Gasteiger partial charge in [0.2, 0.25) is 0 Å². The first-order valence-corrected chi connectivity index (χ1v) is 20.8. The number of hydrogen-bond donors (Lipinski definition) is 0. The van der Waals surface area contributed by atoms with E-state index >= 15 is 0 Å². The minimum atomic E-state index is -0.983. The van der Waals surface area contributed by atoms with Crippen molar-refractivity contribution in [3.8, 4) is 0 Å². The van der Waals surface area contributed by atoms with Gasteiger partial charge in [-0.1, -0.05) is 129 Å². The maximum atomic E-state index is 14.5. The molecule has 11 heteroatoms. The molecule has 1 aliphatic heterocycles. The summed E-state index contributed by atoms with van der Waals surface area (Å²) in [6.07, 6.45) is 18.0. The minimum Gasteiger partial charge on any atom is -0.379 e. The molecule has 0 N–H and O–H groups in total. The molecule has 0 spiro atoms. The van der Waals surface area contributed by atoms with E-state index in [0.29, 0.717) is 19.8 Å². The van der Waals surface area contributed by atoms with Crippen LogP contribution in [0.15, 0.2) is 5.11 Å². The van der Waals surface area contributed by atoms with Crippen molar-refractivity contribution in [3.05, 3.63) is 10.4 Å². The number of nitrogens with zero attached hydrogens (tertiary/aromatic N) is 3. The highest BCUT2D eigenvalue weighted by Gasteiger charge is 2.45. The number of azide groups is 1. The lowest BCUT2D eigenvalue weighted by molar-refractivity contribution is -0.255. The van der Waals surface area contributed by atoms with Crippen LogP contribution in [-0.4, -0.2) is 88.3 Å². The van der Waals surface area contributed by atoms with Crippen LogP contribution in [0.4, 0.5) is 4.39 Å². The van der Waals surface area contributed by atoms with E-state index in [4.69, 9.17) is 33.2 Å². The summed E-state index contributed by atoms with van der Waals surface area (Å²) in [5.41, 5.74) is 9.61. The number of alkyl halides is 1. The van der Waals surface area contributed by atoms with Gasteiger partial charge in [0.25, 0.3) is 0 Å². The summed E-state index contributed by atoms with van der Waals surface area (Å²) in [5, 5.41) is 4.13. The summed E-state index contributed by atoms with van der Waals surface area (Å²) in [6, 6.07) is -0.690. The lowest BCUT2D eigenvalue weighted by Crippen LogP contribution is -2.46. The van der Waals surface area contributed by atoms with Crippen LogP contribution in [-0.2, 0) is 33.2 Å². The highest BCUT2D eigenvalue weighted by atomic mass is 19.1. The van der Waals surface area contributed by atoms with Gasteiger partial charge in [0.15, 0.2) is 12.1 Å². The number of unbranched alkanes of at least 4 members (excludes halogenated alkanes) is 14. The third-order valence-corrected chi connectivity index (χ3v) is 9.50. The molecule has 302 valence electrons. The summed E-state index contributed by atoms with van der Waals surface area (Å²) in [4.78, 5) is 3.16. The van der Waals surface area contributed by atoms with E-state index in [1.165, 1.54) is 64.2 Å². The van der Waals surface area contributed by atoms with Crippen molar-refractivity contribution < 1.29 is 37.5 Å². The van der Waals surface area contributed by atoms with Crippen molar-refractivity contribution in [2.24, 2.45) is 5.11 Å². The van der Waals surface area contributed by atoms with Crippen LogP contribution in [0.1, 0.15) is 170 Å². The van der Waals surface area contributed by atoms with Crippen molar-refractivity contribution in [2.45, 2.75) is 219 Å². The van der Waals surface area contributed by atoms with Gasteiger partial charge < -0.3 is 33.2 Å². The Morgan fingerprint density at radius 3 is 1.80 bits per heavy atom. The van der Waals surface area contributed by atoms with Crippen LogP contribution in [0.3, 0.4) is 0 Å². The molecule has 1 rings (SSSR count). The van der Waals surface area contributed by atoms with E-state index in [1.807, 2.05) is 20.8 Å². The summed E-state index contributed by atoms with van der Waals surface area (Å²) in [7, 11) is 0. The third-order valence-electron chi connectivity index (χ3n) is 9.50. The molecule has 1 aliphatic rings. The van der Waals surface area contributed by atoms with Crippen molar-refractivity contribution in [1.82, 2.24) is 0 Å². The molecule has 1 unspecified atom stereocenters. The summed E-state index contributed by atoms with van der Waals surface area (Å²) < 4.78 is 58.0. The van der Waals surface area contributed by atoms with Gasteiger partial charge in [0.05, 0.1) is 37.6 Å². The standard InChI is InChI=1S/C40H78FN3O7/c1-8-12-16-17-18-19-20-21-22-23-24-25-26-35-38(51-40(6,7)50-35)34(43-44-42)31-48-39(49-36(30-41)33(5)46-28-14-10-3)37(47-29-15-11-4)32-45-27-13-9-2/h33-39H,8-32H2,1-7H3/t33-,34-,35+,36?,37+,38-,39-/m0/s1. The van der Waals surface area contributed by atoms with Gasteiger partial charge in [-0.15, -0.1) is 0 Å². The van der Waals surface area contributed by atoms with Gasteiger partial charge in [0, 0.05) is 24.7 Å². The van der Waals surface area contributed by atoms with Gasteiger partial charge in [0.1, 0.15) is 18.9 Å². The number of halogens is 1. The molecule has 10 nitrogen and oxygen atoms in total. The molecular weight excluding hydrogens is 653 g/mol. The SMILES string of the molecule is CCCCCCCCCCCCCC[C@H]1OC(C)(C)O[C@H]1[C@H](CO[C@@H](OC(CF)[C@H](C)OCCCC)[C@@H](COCCCC)OCCCC)N=[N+]=[N-]. The second-order valence-corrected chi connectivity index (χ2v) is 14.7. The Bertz CT molecular complexity index is 851. The second kappa shape index (κ2) is 31.3. The van der Waals surface area contributed by atoms with Gasteiger partial charge >= 0.3 is 0 Å². The minimum absolute atomic E-state index is 0.0134. The maximum Gasteiger partial charge on any atom is 0.186 e. The Kier molecular flexibility index (Phi) is 29.5. The maximum absolute atomic E-state index is 14.5. The van der Waals surface area contributed by atoms with Crippen molar-refractivity contribution >= 4 is 0 Å². The summed E-state index contributed by atoms with van der Waals surface area (Å²) >= 11 is 0. The summed E-state index contributed by atoms with van der Waals surface area (Å²) in [6.45, 7) is 15.2. The van der Waals surface area contributed by atoms with Crippen LogP contribution in [0.2, 0.25) is 0 Å². The van der Waals surface area contributed by atoms with Gasteiger partial charge in [-0.3, -0.25) is 0 Å². The molecule has 1 heterocycles. The molecule has 51 heavy (non-hydrogen) atoms. The number of rotatable bonds is 36. The number of ether oxygens (including phenoxy) is 7. The molecule has 0 aromatic carbocycles. The van der Waals surface area contributed by atoms with Crippen molar-refractivity contribution in [2.75, 3.05) is 39.7 Å². The van der Waals surface area contributed by atoms with E-state index in [-0.39, 0.29) is 19.3 Å². The molecule has 0 saturated carbocycles. The fourth-order valence-electron chi connectivity index (χ4n) is 6.28.